The number of amides is 3. The summed E-state index contributed by atoms with van der Waals surface area (Å²) >= 11 is 0. The van der Waals surface area contributed by atoms with Crippen molar-refractivity contribution in [2.75, 3.05) is 29.2 Å². The van der Waals surface area contributed by atoms with E-state index in [1.807, 2.05) is 74.5 Å². The van der Waals surface area contributed by atoms with Crippen molar-refractivity contribution in [3.05, 3.63) is 82.9 Å². The number of nitrogens with one attached hydrogen (secondary N) is 2. The number of methoxy groups -OCH3 is 1. The number of hydrogen-bond donors (Lipinski definition) is 2. The van der Waals surface area contributed by atoms with Gasteiger partial charge in [0.15, 0.2) is 0 Å². The molecule has 31 heavy (non-hydrogen) atoms. The minimum atomic E-state index is -0.377. The number of urea groups is 1. The summed E-state index contributed by atoms with van der Waals surface area (Å²) in [5, 5.41) is 5.68. The van der Waals surface area contributed by atoms with E-state index in [4.69, 9.17) is 4.74 Å². The second-order valence-corrected chi connectivity index (χ2v) is 7.70. The van der Waals surface area contributed by atoms with Crippen LogP contribution in [0.5, 0.6) is 5.75 Å². The van der Waals surface area contributed by atoms with Crippen molar-refractivity contribution < 1.29 is 14.3 Å². The maximum Gasteiger partial charge on any atom is 0.323 e. The molecule has 6 nitrogen and oxygen atoms in total. The fraction of sp³-hybridized carbons (Fsp3) is 0.200. The van der Waals surface area contributed by atoms with E-state index in [2.05, 4.69) is 10.6 Å². The first-order valence-corrected chi connectivity index (χ1v) is 10.2. The van der Waals surface area contributed by atoms with Crippen molar-refractivity contribution >= 4 is 29.0 Å². The van der Waals surface area contributed by atoms with Gasteiger partial charge in [0.2, 0.25) is 0 Å². The lowest BCUT2D eigenvalue weighted by molar-refractivity contribution is 0.0989. The summed E-state index contributed by atoms with van der Waals surface area (Å²) in [6, 6.07) is 18.4. The van der Waals surface area contributed by atoms with Crippen LogP contribution < -0.4 is 20.3 Å². The first-order valence-electron chi connectivity index (χ1n) is 10.2. The number of benzene rings is 3. The molecule has 158 valence electrons. The fourth-order valence-corrected chi connectivity index (χ4v) is 3.72. The summed E-state index contributed by atoms with van der Waals surface area (Å²) < 4.78 is 5.32. The molecule has 1 aliphatic heterocycles. The first kappa shape index (κ1) is 20.5. The molecule has 3 aromatic carbocycles. The third kappa shape index (κ3) is 4.38. The molecule has 0 radical (unpaired) electrons. The van der Waals surface area contributed by atoms with Gasteiger partial charge in [0.1, 0.15) is 5.75 Å². The van der Waals surface area contributed by atoms with Gasteiger partial charge in [0.25, 0.3) is 5.91 Å². The number of rotatable bonds is 4. The van der Waals surface area contributed by atoms with Crippen LogP contribution in [0.2, 0.25) is 0 Å². The number of hydrogen-bond acceptors (Lipinski definition) is 3. The minimum Gasteiger partial charge on any atom is -0.495 e. The Morgan fingerprint density at radius 3 is 2.39 bits per heavy atom. The van der Waals surface area contributed by atoms with Gasteiger partial charge in [-0.1, -0.05) is 29.8 Å². The molecular weight excluding hydrogens is 390 g/mol. The minimum absolute atomic E-state index is 0.0372. The molecule has 0 fully saturated rings. The topological polar surface area (TPSA) is 70.7 Å². The highest BCUT2D eigenvalue weighted by atomic mass is 16.5. The Balaban J connectivity index is 1.51. The third-order valence-electron chi connectivity index (χ3n) is 5.39. The molecule has 3 aromatic rings. The van der Waals surface area contributed by atoms with Crippen LogP contribution in [-0.4, -0.2) is 25.6 Å². The number of nitrogens with zero attached hydrogens (tertiary/aromatic N) is 1. The van der Waals surface area contributed by atoms with E-state index in [0.717, 1.165) is 28.8 Å². The van der Waals surface area contributed by atoms with Gasteiger partial charge in [-0.15, -0.1) is 0 Å². The van der Waals surface area contributed by atoms with Crippen molar-refractivity contribution in [1.82, 2.24) is 0 Å². The van der Waals surface area contributed by atoms with E-state index < -0.39 is 0 Å². The second kappa shape index (κ2) is 8.52. The standard InChI is InChI=1S/C25H25N3O3/c1-16-4-7-19(8-5-16)24(29)28-13-12-18-9-10-20(15-22(18)28)26-25(30)27-21-14-17(2)6-11-23(21)31-3/h4-11,14-15H,12-13H2,1-3H3,(H2,26,27,30). The van der Waals surface area contributed by atoms with Gasteiger partial charge < -0.3 is 20.3 Å². The monoisotopic (exact) mass is 415 g/mol. The molecule has 3 amide bonds. The Bertz CT molecular complexity index is 1140. The molecule has 2 N–H and O–H groups in total. The Labute approximate surface area is 181 Å². The van der Waals surface area contributed by atoms with Gasteiger partial charge in [0, 0.05) is 23.5 Å². The van der Waals surface area contributed by atoms with Crippen LogP contribution in [0.4, 0.5) is 21.9 Å². The van der Waals surface area contributed by atoms with Crippen LogP contribution in [-0.2, 0) is 6.42 Å². The van der Waals surface area contributed by atoms with Crippen molar-refractivity contribution in [2.45, 2.75) is 20.3 Å². The van der Waals surface area contributed by atoms with Crippen LogP contribution in [0.25, 0.3) is 0 Å². The quantitative estimate of drug-likeness (QED) is 0.618. The molecule has 4 rings (SSSR count). The number of carbonyl (C=O) groups is 2. The van der Waals surface area contributed by atoms with Crippen LogP contribution >= 0.6 is 0 Å². The van der Waals surface area contributed by atoms with Crippen LogP contribution in [0.3, 0.4) is 0 Å². The normalized spacial score (nSPS) is 12.3. The van der Waals surface area contributed by atoms with E-state index in [9.17, 15) is 9.59 Å². The number of ether oxygens (including phenoxy) is 1. The molecule has 1 aliphatic rings. The Hall–Kier alpha value is -3.80. The molecule has 1 heterocycles. The SMILES string of the molecule is COc1ccc(C)cc1NC(=O)Nc1ccc2c(c1)N(C(=O)c1ccc(C)cc1)CC2. The van der Waals surface area contributed by atoms with Gasteiger partial charge >= 0.3 is 6.03 Å². The molecule has 0 spiro atoms. The van der Waals surface area contributed by atoms with Gasteiger partial charge in [-0.05, 0) is 67.8 Å². The highest BCUT2D eigenvalue weighted by molar-refractivity contribution is 6.08. The first-order chi connectivity index (χ1) is 14.9. The Morgan fingerprint density at radius 1 is 0.903 bits per heavy atom. The molecule has 0 atom stereocenters. The predicted octanol–water partition coefficient (Wildman–Crippen LogP) is 5.16. The van der Waals surface area contributed by atoms with Crippen molar-refractivity contribution in [3.63, 3.8) is 0 Å². The van der Waals surface area contributed by atoms with Crippen LogP contribution in [0, 0.1) is 13.8 Å². The number of carbonyl (C=O) groups excluding carboxylic acids is 2. The summed E-state index contributed by atoms with van der Waals surface area (Å²) in [5.41, 5.74) is 5.91. The second-order valence-electron chi connectivity index (χ2n) is 7.70. The predicted molar refractivity (Wildman–Crippen MR) is 123 cm³/mol. The third-order valence-corrected chi connectivity index (χ3v) is 5.39. The van der Waals surface area contributed by atoms with Gasteiger partial charge in [0.05, 0.1) is 12.8 Å². The van der Waals surface area contributed by atoms with Crippen molar-refractivity contribution in [2.24, 2.45) is 0 Å². The summed E-state index contributed by atoms with van der Waals surface area (Å²) in [6.07, 6.45) is 0.792. The molecule has 6 heteroatoms. The molecule has 0 unspecified atom stereocenters. The van der Waals surface area contributed by atoms with Crippen LogP contribution in [0.15, 0.2) is 60.7 Å². The zero-order valence-electron chi connectivity index (χ0n) is 17.9. The Morgan fingerprint density at radius 2 is 1.65 bits per heavy atom. The summed E-state index contributed by atoms with van der Waals surface area (Å²) in [7, 11) is 1.56. The molecule has 0 bridgehead atoms. The molecular formula is C25H25N3O3. The van der Waals surface area contributed by atoms with E-state index >= 15 is 0 Å². The van der Waals surface area contributed by atoms with E-state index in [1.54, 1.807) is 12.0 Å². The van der Waals surface area contributed by atoms with Crippen molar-refractivity contribution in [1.29, 1.82) is 0 Å². The highest BCUT2D eigenvalue weighted by Crippen LogP contribution is 2.32. The van der Waals surface area contributed by atoms with Gasteiger partial charge in [-0.2, -0.15) is 0 Å². The van der Waals surface area contributed by atoms with E-state index in [0.29, 0.717) is 29.2 Å². The maximum absolute atomic E-state index is 13.0. The molecule has 0 aromatic heterocycles. The van der Waals surface area contributed by atoms with Gasteiger partial charge in [-0.25, -0.2) is 4.79 Å². The van der Waals surface area contributed by atoms with E-state index in [-0.39, 0.29) is 11.9 Å². The van der Waals surface area contributed by atoms with Crippen LogP contribution in [0.1, 0.15) is 27.0 Å². The largest absolute Gasteiger partial charge is 0.495 e. The highest BCUT2D eigenvalue weighted by Gasteiger charge is 2.26. The molecule has 0 saturated carbocycles. The number of fused-ring (bicyclic) bond motifs is 1. The summed E-state index contributed by atoms with van der Waals surface area (Å²) in [5.74, 6) is 0.550. The average molecular weight is 415 g/mol. The Kier molecular flexibility index (Phi) is 5.62. The zero-order valence-corrected chi connectivity index (χ0v) is 17.9. The van der Waals surface area contributed by atoms with Crippen molar-refractivity contribution in [3.8, 4) is 5.75 Å². The fourth-order valence-electron chi connectivity index (χ4n) is 3.72. The lowest BCUT2D eigenvalue weighted by Crippen LogP contribution is -2.29. The lowest BCUT2D eigenvalue weighted by Gasteiger charge is -2.18. The number of anilines is 3. The zero-order chi connectivity index (χ0) is 22.0. The summed E-state index contributed by atoms with van der Waals surface area (Å²) in [4.78, 5) is 27.4. The van der Waals surface area contributed by atoms with Gasteiger partial charge in [-0.3, -0.25) is 4.79 Å². The molecule has 0 aliphatic carbocycles. The van der Waals surface area contributed by atoms with E-state index in [1.165, 1.54) is 0 Å². The average Bonchev–Trinajstić information content (AvgIpc) is 3.17. The smallest absolute Gasteiger partial charge is 0.323 e. The molecule has 0 saturated heterocycles. The lowest BCUT2D eigenvalue weighted by atomic mass is 10.1. The maximum atomic E-state index is 13.0. The number of aryl methyl sites for hydroxylation is 2. The summed E-state index contributed by atoms with van der Waals surface area (Å²) in [6.45, 7) is 4.57.